The van der Waals surface area contributed by atoms with E-state index in [9.17, 15) is 18.0 Å². The predicted octanol–water partition coefficient (Wildman–Crippen LogP) is 5.17. The number of alkyl halides is 3. The molecule has 4 rings (SSSR count). The van der Waals surface area contributed by atoms with Gasteiger partial charge in [0.15, 0.2) is 5.69 Å². The molecule has 32 heavy (non-hydrogen) atoms. The van der Waals surface area contributed by atoms with E-state index in [0.717, 1.165) is 25.7 Å². The number of rotatable bonds is 5. The summed E-state index contributed by atoms with van der Waals surface area (Å²) in [7, 11) is 1.57. The van der Waals surface area contributed by atoms with Crippen LogP contribution in [-0.2, 0) is 6.18 Å². The molecule has 2 N–H and O–H groups in total. The van der Waals surface area contributed by atoms with Gasteiger partial charge in [-0.15, -0.1) is 0 Å². The fraction of sp³-hybridized carbons (Fsp3) is 0.364. The zero-order chi connectivity index (χ0) is 22.9. The average molecular weight is 467 g/mol. The van der Waals surface area contributed by atoms with Crippen molar-refractivity contribution in [3.8, 4) is 5.75 Å². The van der Waals surface area contributed by atoms with Crippen molar-refractivity contribution in [3.05, 3.63) is 58.9 Å². The molecule has 1 amide bonds. The maximum atomic E-state index is 13.2. The van der Waals surface area contributed by atoms with Crippen molar-refractivity contribution >= 4 is 29.0 Å². The Morgan fingerprint density at radius 2 is 1.75 bits per heavy atom. The monoisotopic (exact) mass is 466 g/mol. The number of pyridine rings is 1. The quantitative estimate of drug-likeness (QED) is 0.544. The number of hydrogen-bond acceptors (Lipinski definition) is 4. The fourth-order valence-corrected chi connectivity index (χ4v) is 4.28. The highest BCUT2D eigenvalue weighted by atomic mass is 35.5. The van der Waals surface area contributed by atoms with Crippen molar-refractivity contribution in [1.29, 1.82) is 0 Å². The smallest absolute Gasteiger partial charge is 0.436 e. The number of halogens is 4. The minimum Gasteiger partial charge on any atom is -0.497 e. The van der Waals surface area contributed by atoms with E-state index in [0.29, 0.717) is 17.1 Å². The van der Waals surface area contributed by atoms with Crippen LogP contribution >= 0.6 is 11.6 Å². The molecular weight excluding hydrogens is 445 g/mol. The van der Waals surface area contributed by atoms with Crippen LogP contribution in [-0.4, -0.2) is 34.5 Å². The molecule has 1 aliphatic rings. The Bertz CT molecular complexity index is 1110. The number of imidazole rings is 1. The lowest BCUT2D eigenvalue weighted by Gasteiger charge is -2.30. The van der Waals surface area contributed by atoms with Crippen LogP contribution in [0.15, 0.2) is 42.5 Å². The first kappa shape index (κ1) is 22.3. The van der Waals surface area contributed by atoms with Gasteiger partial charge in [0.05, 0.1) is 7.11 Å². The summed E-state index contributed by atoms with van der Waals surface area (Å²) in [6.07, 6.45) is -1.62. The number of hydrogen-bond donors (Lipinski definition) is 2. The Morgan fingerprint density at radius 1 is 1.09 bits per heavy atom. The first-order valence-corrected chi connectivity index (χ1v) is 10.6. The lowest BCUT2D eigenvalue weighted by Crippen LogP contribution is -2.40. The summed E-state index contributed by atoms with van der Waals surface area (Å²) in [6, 6.07) is 11.8. The molecule has 2 aromatic heterocycles. The molecule has 0 bridgehead atoms. The third-order valence-electron chi connectivity index (χ3n) is 5.62. The van der Waals surface area contributed by atoms with E-state index in [1.54, 1.807) is 43.5 Å². The number of carbonyl (C=O) groups excluding carboxylic acids is 1. The number of aromatic nitrogens is 2. The summed E-state index contributed by atoms with van der Waals surface area (Å²) < 4.78 is 45.9. The number of carbonyl (C=O) groups is 1. The highest BCUT2D eigenvalue weighted by Gasteiger charge is 2.38. The van der Waals surface area contributed by atoms with Crippen molar-refractivity contribution in [2.45, 2.75) is 43.9 Å². The van der Waals surface area contributed by atoms with Gasteiger partial charge < -0.3 is 15.4 Å². The molecule has 1 aliphatic carbocycles. The number of ether oxygens (including phenoxy) is 1. The Hall–Kier alpha value is -2.94. The Labute approximate surface area is 187 Å². The molecule has 0 radical (unpaired) electrons. The Morgan fingerprint density at radius 3 is 2.38 bits per heavy atom. The summed E-state index contributed by atoms with van der Waals surface area (Å²) >= 11 is 6.01. The van der Waals surface area contributed by atoms with Crippen molar-refractivity contribution in [2.24, 2.45) is 0 Å². The molecule has 0 unspecified atom stereocenters. The summed E-state index contributed by atoms with van der Waals surface area (Å²) in [5.41, 5.74) is -0.404. The minimum absolute atomic E-state index is 0.0344. The van der Waals surface area contributed by atoms with E-state index in [4.69, 9.17) is 16.3 Å². The maximum absolute atomic E-state index is 13.2. The molecule has 2 heterocycles. The highest BCUT2D eigenvalue weighted by molar-refractivity contribution is 6.30. The van der Waals surface area contributed by atoms with Gasteiger partial charge in [0.2, 0.25) is 0 Å². The van der Waals surface area contributed by atoms with E-state index >= 15 is 0 Å². The molecule has 1 fully saturated rings. The lowest BCUT2D eigenvalue weighted by molar-refractivity contribution is -0.140. The van der Waals surface area contributed by atoms with Gasteiger partial charge in [-0.25, -0.2) is 4.98 Å². The van der Waals surface area contributed by atoms with Crippen LogP contribution in [0.3, 0.4) is 0 Å². The molecule has 0 spiro atoms. The Kier molecular flexibility index (Phi) is 6.19. The molecular formula is C22H22ClF3N4O2. The van der Waals surface area contributed by atoms with Gasteiger partial charge in [0, 0.05) is 17.6 Å². The van der Waals surface area contributed by atoms with E-state index < -0.39 is 17.0 Å². The van der Waals surface area contributed by atoms with Gasteiger partial charge in [0.25, 0.3) is 5.91 Å². The molecule has 3 aromatic rings. The Balaban J connectivity index is 1.38. The van der Waals surface area contributed by atoms with Crippen LogP contribution in [0.1, 0.15) is 41.7 Å². The van der Waals surface area contributed by atoms with Crippen molar-refractivity contribution in [3.63, 3.8) is 0 Å². The first-order chi connectivity index (χ1) is 15.3. The van der Waals surface area contributed by atoms with Crippen LogP contribution in [0.2, 0.25) is 5.15 Å². The SMILES string of the molecule is COc1ccc(C(=O)N[C@H]2CC[C@@H](Nc3cccc4nc(C(F)(F)F)c(Cl)n34)CC2)cc1. The normalized spacial score (nSPS) is 19.0. The second-order valence-electron chi connectivity index (χ2n) is 7.75. The number of benzene rings is 1. The summed E-state index contributed by atoms with van der Waals surface area (Å²) in [6.45, 7) is 0. The standard InChI is InChI=1S/C22H22ClF3N4O2/c1-32-16-11-5-13(6-12-16)21(31)28-15-9-7-14(8-10-15)27-17-3-2-4-18-29-19(22(24,25)26)20(23)30(17)18/h2-6,11-12,14-15,27H,7-10H2,1H3,(H,28,31)/t14-,15+. The van der Waals surface area contributed by atoms with E-state index in [1.165, 1.54) is 10.5 Å². The topological polar surface area (TPSA) is 67.7 Å². The van der Waals surface area contributed by atoms with Gasteiger partial charge in [-0.05, 0) is 62.1 Å². The lowest BCUT2D eigenvalue weighted by atomic mass is 9.91. The molecule has 1 saturated carbocycles. The molecule has 1 aromatic carbocycles. The fourth-order valence-electron chi connectivity index (χ4n) is 3.95. The van der Waals surface area contributed by atoms with Crippen LogP contribution in [0, 0.1) is 0 Å². The van der Waals surface area contributed by atoms with Crippen LogP contribution in [0.25, 0.3) is 5.65 Å². The van der Waals surface area contributed by atoms with Gasteiger partial charge in [-0.2, -0.15) is 13.2 Å². The zero-order valence-corrected chi connectivity index (χ0v) is 18.0. The number of nitrogens with one attached hydrogen (secondary N) is 2. The molecule has 6 nitrogen and oxygen atoms in total. The highest BCUT2D eigenvalue weighted by Crippen LogP contribution is 2.36. The third-order valence-corrected chi connectivity index (χ3v) is 5.97. The first-order valence-electron chi connectivity index (χ1n) is 10.2. The molecule has 0 atom stereocenters. The largest absolute Gasteiger partial charge is 0.497 e. The number of amides is 1. The molecule has 0 aliphatic heterocycles. The van der Waals surface area contributed by atoms with E-state index in [1.807, 2.05) is 0 Å². The third kappa shape index (κ3) is 4.62. The number of fused-ring (bicyclic) bond motifs is 1. The van der Waals surface area contributed by atoms with Crippen LogP contribution in [0.5, 0.6) is 5.75 Å². The number of nitrogens with zero attached hydrogens (tertiary/aromatic N) is 2. The second kappa shape index (κ2) is 8.90. The van der Waals surface area contributed by atoms with Crippen molar-refractivity contribution in [1.82, 2.24) is 14.7 Å². The number of anilines is 1. The maximum Gasteiger partial charge on any atom is 0.436 e. The van der Waals surface area contributed by atoms with Crippen molar-refractivity contribution in [2.75, 3.05) is 12.4 Å². The summed E-state index contributed by atoms with van der Waals surface area (Å²) in [4.78, 5) is 16.1. The molecule has 10 heteroatoms. The minimum atomic E-state index is -4.62. The second-order valence-corrected chi connectivity index (χ2v) is 8.11. The number of methoxy groups -OCH3 is 1. The molecule has 170 valence electrons. The van der Waals surface area contributed by atoms with Gasteiger partial charge in [-0.3, -0.25) is 9.20 Å². The van der Waals surface area contributed by atoms with Crippen LogP contribution in [0.4, 0.5) is 19.0 Å². The van der Waals surface area contributed by atoms with Crippen molar-refractivity contribution < 1.29 is 22.7 Å². The van der Waals surface area contributed by atoms with Gasteiger partial charge in [0.1, 0.15) is 22.4 Å². The molecule has 0 saturated heterocycles. The van der Waals surface area contributed by atoms with E-state index in [-0.39, 0.29) is 23.6 Å². The summed E-state index contributed by atoms with van der Waals surface area (Å²) in [5, 5.41) is 5.88. The predicted molar refractivity (Wildman–Crippen MR) is 115 cm³/mol. The van der Waals surface area contributed by atoms with Gasteiger partial charge >= 0.3 is 6.18 Å². The van der Waals surface area contributed by atoms with Crippen LogP contribution < -0.4 is 15.4 Å². The van der Waals surface area contributed by atoms with E-state index in [2.05, 4.69) is 15.6 Å². The summed E-state index contributed by atoms with van der Waals surface area (Å²) in [5.74, 6) is 1.00. The van der Waals surface area contributed by atoms with Gasteiger partial charge in [-0.1, -0.05) is 17.7 Å². The zero-order valence-electron chi connectivity index (χ0n) is 17.2. The average Bonchev–Trinajstić information content (AvgIpc) is 3.13.